The fraction of sp³-hybridized carbons (Fsp3) is 0.235. The topological polar surface area (TPSA) is 86.8 Å². The minimum Gasteiger partial charge on any atom is -0.354 e. The van der Waals surface area contributed by atoms with Crippen LogP contribution in [0.15, 0.2) is 114 Å². The van der Waals surface area contributed by atoms with Gasteiger partial charge in [-0.2, -0.15) is 13.2 Å². The lowest BCUT2D eigenvalue weighted by Gasteiger charge is -2.34. The second kappa shape index (κ2) is 15.3. The highest BCUT2D eigenvalue weighted by Gasteiger charge is 2.37. The molecule has 0 saturated carbocycles. The number of benzene rings is 4. The highest BCUT2D eigenvalue weighted by Crippen LogP contribution is 2.38. The fourth-order valence-corrected chi connectivity index (χ4v) is 6.49. The number of nitrogens with one attached hydrogen (secondary N) is 1. The van der Waals surface area contributed by atoms with E-state index in [1.54, 1.807) is 48.5 Å². The first-order valence-corrected chi connectivity index (χ1v) is 16.3. The summed E-state index contributed by atoms with van der Waals surface area (Å²) in [5, 5.41) is 2.22. The second-order valence-corrected chi connectivity index (χ2v) is 12.8. The molecule has 0 aromatic heterocycles. The number of carbonyl (C=O) groups is 2. The highest BCUT2D eigenvalue weighted by atomic mass is 35.5. The maximum absolute atomic E-state index is 14.4. The van der Waals surface area contributed by atoms with E-state index >= 15 is 0 Å². The number of alkyl halides is 3. The van der Waals surface area contributed by atoms with Gasteiger partial charge in [0.2, 0.25) is 11.8 Å². The molecule has 0 spiro atoms. The van der Waals surface area contributed by atoms with Gasteiger partial charge in [-0.15, -0.1) is 0 Å². The molecule has 46 heavy (non-hydrogen) atoms. The first-order valence-electron chi connectivity index (χ1n) is 14.5. The molecule has 0 heterocycles. The third-order valence-corrected chi connectivity index (χ3v) is 9.29. The van der Waals surface area contributed by atoms with E-state index in [1.165, 1.54) is 29.2 Å². The summed E-state index contributed by atoms with van der Waals surface area (Å²) in [6.45, 7) is 1.27. The molecule has 4 rings (SSSR count). The van der Waals surface area contributed by atoms with E-state index in [1.807, 2.05) is 25.1 Å². The van der Waals surface area contributed by atoms with Crippen LogP contribution in [0.1, 0.15) is 30.0 Å². The Morgan fingerprint density at radius 1 is 0.848 bits per heavy atom. The Labute approximate surface area is 271 Å². The van der Waals surface area contributed by atoms with Gasteiger partial charge in [0.1, 0.15) is 12.6 Å². The molecule has 0 radical (unpaired) electrons. The first kappa shape index (κ1) is 34.5. The van der Waals surface area contributed by atoms with Crippen LogP contribution >= 0.6 is 11.6 Å². The molecule has 0 fully saturated rings. The minimum atomic E-state index is -4.89. The summed E-state index contributed by atoms with van der Waals surface area (Å²) >= 11 is 5.85. The Bertz CT molecular complexity index is 1730. The monoisotopic (exact) mass is 671 g/mol. The standard InChI is InChI=1S/C34H33ClF3N3O4S/c1-2-20-39-33(43)31(21-25-12-6-3-7-13-25)40(23-26-14-8-4-9-15-26)32(42)24-41(46(44,45)28-16-10-5-11-17-28)27-18-19-30(35)29(22-27)34(36,37)38/h3-19,22,31H,2,20-21,23-24H2,1H3,(H,39,43)/t31-/m1/s1. The summed E-state index contributed by atoms with van der Waals surface area (Å²) in [5.41, 5.74) is -0.245. The van der Waals surface area contributed by atoms with Crippen molar-refractivity contribution in [2.24, 2.45) is 0 Å². The van der Waals surface area contributed by atoms with Crippen LogP contribution in [0.25, 0.3) is 0 Å². The van der Waals surface area contributed by atoms with Gasteiger partial charge in [0.15, 0.2) is 0 Å². The third kappa shape index (κ3) is 8.67. The molecule has 0 bridgehead atoms. The number of amides is 2. The number of carbonyl (C=O) groups excluding carboxylic acids is 2. The molecule has 0 aliphatic carbocycles. The van der Waals surface area contributed by atoms with Crippen molar-refractivity contribution in [2.75, 3.05) is 17.4 Å². The van der Waals surface area contributed by atoms with Gasteiger partial charge in [-0.1, -0.05) is 97.4 Å². The molecule has 0 aliphatic rings. The summed E-state index contributed by atoms with van der Waals surface area (Å²) < 4.78 is 70.2. The molecule has 4 aromatic carbocycles. The van der Waals surface area contributed by atoms with E-state index in [0.717, 1.165) is 17.7 Å². The number of sulfonamides is 1. The van der Waals surface area contributed by atoms with Crippen LogP contribution in [-0.2, 0) is 38.8 Å². The molecule has 2 amide bonds. The van der Waals surface area contributed by atoms with Gasteiger partial charge in [-0.05, 0) is 47.9 Å². The minimum absolute atomic E-state index is 0.0651. The maximum Gasteiger partial charge on any atom is 0.417 e. The number of anilines is 1. The molecule has 7 nitrogen and oxygen atoms in total. The van der Waals surface area contributed by atoms with Gasteiger partial charge in [0.05, 0.1) is 21.2 Å². The van der Waals surface area contributed by atoms with E-state index in [0.29, 0.717) is 28.9 Å². The number of rotatable bonds is 13. The van der Waals surface area contributed by atoms with Gasteiger partial charge in [0.25, 0.3) is 10.0 Å². The Morgan fingerprint density at radius 2 is 1.41 bits per heavy atom. The lowest BCUT2D eigenvalue weighted by atomic mass is 10.0. The number of nitrogens with zero attached hydrogens (tertiary/aromatic N) is 2. The maximum atomic E-state index is 14.4. The van der Waals surface area contributed by atoms with Crippen molar-refractivity contribution in [3.63, 3.8) is 0 Å². The van der Waals surface area contributed by atoms with E-state index < -0.39 is 56.9 Å². The van der Waals surface area contributed by atoms with Crippen LogP contribution in [0.2, 0.25) is 5.02 Å². The average Bonchev–Trinajstić information content (AvgIpc) is 3.05. The Hall–Kier alpha value is -4.35. The van der Waals surface area contributed by atoms with Crippen LogP contribution in [0.3, 0.4) is 0 Å². The summed E-state index contributed by atoms with van der Waals surface area (Å²) in [7, 11) is -4.57. The Morgan fingerprint density at radius 3 is 1.98 bits per heavy atom. The summed E-state index contributed by atoms with van der Waals surface area (Å²) in [4.78, 5) is 29.0. The van der Waals surface area contributed by atoms with E-state index in [2.05, 4.69) is 5.32 Å². The number of halogens is 4. The van der Waals surface area contributed by atoms with Gasteiger partial charge in [-0.3, -0.25) is 13.9 Å². The third-order valence-electron chi connectivity index (χ3n) is 7.17. The van der Waals surface area contributed by atoms with Crippen LogP contribution in [0, 0.1) is 0 Å². The largest absolute Gasteiger partial charge is 0.417 e. The van der Waals surface area contributed by atoms with Crippen LogP contribution < -0.4 is 9.62 Å². The molecule has 1 atom stereocenters. The quantitative estimate of drug-likeness (QED) is 0.171. The highest BCUT2D eigenvalue weighted by molar-refractivity contribution is 7.92. The van der Waals surface area contributed by atoms with Crippen molar-refractivity contribution < 1.29 is 31.2 Å². The molecule has 0 unspecified atom stereocenters. The normalized spacial score (nSPS) is 12.3. The summed E-state index contributed by atoms with van der Waals surface area (Å²) in [6, 6.07) is 26.5. The first-order chi connectivity index (χ1) is 21.9. The number of hydrogen-bond donors (Lipinski definition) is 1. The van der Waals surface area contributed by atoms with E-state index in [4.69, 9.17) is 11.6 Å². The summed E-state index contributed by atoms with van der Waals surface area (Å²) in [5.74, 6) is -1.24. The van der Waals surface area contributed by atoms with Crippen molar-refractivity contribution in [1.82, 2.24) is 10.2 Å². The Kier molecular flexibility index (Phi) is 11.5. The lowest BCUT2D eigenvalue weighted by Crippen LogP contribution is -2.53. The molecule has 4 aromatic rings. The SMILES string of the molecule is CCCNC(=O)[C@@H](Cc1ccccc1)N(Cc1ccccc1)C(=O)CN(c1ccc(Cl)c(C(F)(F)F)c1)S(=O)(=O)c1ccccc1. The van der Waals surface area contributed by atoms with Gasteiger partial charge in [0, 0.05) is 19.5 Å². The molecule has 0 aliphatic heterocycles. The molecular formula is C34H33ClF3N3O4S. The zero-order chi connectivity index (χ0) is 33.3. The lowest BCUT2D eigenvalue weighted by molar-refractivity contribution is -0.140. The van der Waals surface area contributed by atoms with Crippen molar-refractivity contribution in [2.45, 2.75) is 43.4 Å². The smallest absolute Gasteiger partial charge is 0.354 e. The zero-order valence-corrected chi connectivity index (χ0v) is 26.5. The van der Waals surface area contributed by atoms with Gasteiger partial charge >= 0.3 is 6.18 Å². The fourth-order valence-electron chi connectivity index (χ4n) is 4.83. The second-order valence-electron chi connectivity index (χ2n) is 10.5. The zero-order valence-electron chi connectivity index (χ0n) is 25.0. The summed E-state index contributed by atoms with van der Waals surface area (Å²) in [6.07, 6.45) is -4.14. The van der Waals surface area contributed by atoms with Gasteiger partial charge < -0.3 is 10.2 Å². The van der Waals surface area contributed by atoms with Crippen molar-refractivity contribution >= 4 is 39.1 Å². The molecule has 0 saturated heterocycles. The van der Waals surface area contributed by atoms with Crippen LogP contribution in [0.5, 0.6) is 0 Å². The molecule has 1 N–H and O–H groups in total. The van der Waals surface area contributed by atoms with Gasteiger partial charge in [-0.25, -0.2) is 8.42 Å². The molecule has 12 heteroatoms. The van der Waals surface area contributed by atoms with Crippen molar-refractivity contribution in [1.29, 1.82) is 0 Å². The van der Waals surface area contributed by atoms with E-state index in [-0.39, 0.29) is 17.9 Å². The van der Waals surface area contributed by atoms with Crippen LogP contribution in [-0.4, -0.2) is 44.3 Å². The average molecular weight is 672 g/mol. The van der Waals surface area contributed by atoms with Crippen molar-refractivity contribution in [3.05, 3.63) is 131 Å². The Balaban J connectivity index is 1.83. The molecular weight excluding hydrogens is 639 g/mol. The predicted octanol–water partition coefficient (Wildman–Crippen LogP) is 6.72. The van der Waals surface area contributed by atoms with Crippen LogP contribution in [0.4, 0.5) is 18.9 Å². The predicted molar refractivity (Wildman–Crippen MR) is 172 cm³/mol. The van der Waals surface area contributed by atoms with Crippen molar-refractivity contribution in [3.8, 4) is 0 Å². The molecule has 242 valence electrons. The van der Waals surface area contributed by atoms with E-state index in [9.17, 15) is 31.2 Å². The number of hydrogen-bond acceptors (Lipinski definition) is 4.